The summed E-state index contributed by atoms with van der Waals surface area (Å²) in [5.74, 6) is 0. The summed E-state index contributed by atoms with van der Waals surface area (Å²) >= 11 is 0. The normalized spacial score (nSPS) is 45.6. The molecule has 2 fully saturated rings. The lowest BCUT2D eigenvalue weighted by Gasteiger charge is -2.38. The second-order valence-corrected chi connectivity index (χ2v) is 5.56. The summed E-state index contributed by atoms with van der Waals surface area (Å²) in [5.41, 5.74) is 18.2. The highest BCUT2D eigenvalue weighted by Crippen LogP contribution is 2.21. The zero-order valence-corrected chi connectivity index (χ0v) is 10.1. The third-order valence-corrected chi connectivity index (χ3v) is 4.19. The zero-order valence-electron chi connectivity index (χ0n) is 10.1. The van der Waals surface area contributed by atoms with Gasteiger partial charge >= 0.3 is 0 Å². The van der Waals surface area contributed by atoms with E-state index < -0.39 is 0 Å². The summed E-state index contributed by atoms with van der Waals surface area (Å²) < 4.78 is 0. The van der Waals surface area contributed by atoms with E-state index in [1.807, 2.05) is 0 Å². The molecular formula is C12H26N4. The Morgan fingerprint density at radius 3 is 2.12 bits per heavy atom. The van der Waals surface area contributed by atoms with Crippen LogP contribution in [0.25, 0.3) is 0 Å². The molecule has 2 saturated carbocycles. The van der Waals surface area contributed by atoms with Crippen molar-refractivity contribution in [1.82, 2.24) is 5.32 Å². The van der Waals surface area contributed by atoms with Crippen LogP contribution in [0.1, 0.15) is 44.9 Å². The van der Waals surface area contributed by atoms with Gasteiger partial charge in [0.05, 0.1) is 0 Å². The van der Waals surface area contributed by atoms with Crippen LogP contribution in [0.4, 0.5) is 0 Å². The third-order valence-electron chi connectivity index (χ3n) is 4.19. The van der Waals surface area contributed by atoms with E-state index in [1.165, 1.54) is 19.3 Å². The van der Waals surface area contributed by atoms with Gasteiger partial charge in [-0.25, -0.2) is 0 Å². The van der Waals surface area contributed by atoms with E-state index >= 15 is 0 Å². The van der Waals surface area contributed by atoms with E-state index in [0.29, 0.717) is 24.2 Å². The average molecular weight is 226 g/mol. The monoisotopic (exact) mass is 226 g/mol. The van der Waals surface area contributed by atoms with Crippen molar-refractivity contribution in [3.05, 3.63) is 0 Å². The first kappa shape index (κ1) is 12.3. The lowest BCUT2D eigenvalue weighted by atomic mass is 9.85. The molecule has 0 spiro atoms. The van der Waals surface area contributed by atoms with Crippen molar-refractivity contribution < 1.29 is 0 Å². The smallest absolute Gasteiger partial charge is 0.0223 e. The second kappa shape index (κ2) is 5.45. The number of hydrogen-bond donors (Lipinski definition) is 4. The Balaban J connectivity index is 1.83. The van der Waals surface area contributed by atoms with Gasteiger partial charge in [0.15, 0.2) is 0 Å². The van der Waals surface area contributed by atoms with E-state index in [1.54, 1.807) is 0 Å². The average Bonchev–Trinajstić information content (AvgIpc) is 2.25. The van der Waals surface area contributed by atoms with Crippen molar-refractivity contribution in [2.75, 3.05) is 0 Å². The van der Waals surface area contributed by atoms with Gasteiger partial charge in [0.25, 0.3) is 0 Å². The van der Waals surface area contributed by atoms with E-state index in [-0.39, 0.29) is 6.04 Å². The second-order valence-electron chi connectivity index (χ2n) is 5.56. The van der Waals surface area contributed by atoms with E-state index in [9.17, 15) is 0 Å². The van der Waals surface area contributed by atoms with Gasteiger partial charge in [-0.2, -0.15) is 0 Å². The Labute approximate surface area is 98.3 Å². The molecule has 0 radical (unpaired) electrons. The lowest BCUT2D eigenvalue weighted by Crippen LogP contribution is -2.58. The number of hydrogen-bond acceptors (Lipinski definition) is 4. The Bertz CT molecular complexity index is 221. The predicted molar refractivity (Wildman–Crippen MR) is 67.0 cm³/mol. The molecular weight excluding hydrogens is 200 g/mol. The van der Waals surface area contributed by atoms with Gasteiger partial charge in [0.1, 0.15) is 0 Å². The van der Waals surface area contributed by atoms with Crippen LogP contribution >= 0.6 is 0 Å². The van der Waals surface area contributed by atoms with Crippen molar-refractivity contribution in [3.8, 4) is 0 Å². The van der Waals surface area contributed by atoms with Crippen LogP contribution in [-0.2, 0) is 0 Å². The molecule has 4 nitrogen and oxygen atoms in total. The first-order valence-electron chi connectivity index (χ1n) is 6.69. The lowest BCUT2D eigenvalue weighted by molar-refractivity contribution is 0.237. The number of nitrogens with one attached hydrogen (secondary N) is 1. The zero-order chi connectivity index (χ0) is 11.5. The van der Waals surface area contributed by atoms with E-state index in [0.717, 1.165) is 25.7 Å². The van der Waals surface area contributed by atoms with Crippen molar-refractivity contribution >= 4 is 0 Å². The minimum Gasteiger partial charge on any atom is -0.328 e. The first-order chi connectivity index (χ1) is 7.66. The van der Waals surface area contributed by atoms with Gasteiger partial charge in [-0.05, 0) is 32.1 Å². The van der Waals surface area contributed by atoms with Gasteiger partial charge in [0, 0.05) is 30.2 Å². The molecule has 2 rings (SSSR count). The van der Waals surface area contributed by atoms with Gasteiger partial charge in [-0.15, -0.1) is 0 Å². The molecule has 0 aromatic rings. The van der Waals surface area contributed by atoms with Gasteiger partial charge in [-0.1, -0.05) is 12.8 Å². The van der Waals surface area contributed by atoms with Crippen LogP contribution in [0.2, 0.25) is 0 Å². The van der Waals surface area contributed by atoms with Crippen molar-refractivity contribution in [3.63, 3.8) is 0 Å². The molecule has 0 aliphatic heterocycles. The largest absolute Gasteiger partial charge is 0.328 e. The fraction of sp³-hybridized carbons (Fsp3) is 1.00. The Hall–Kier alpha value is -0.160. The fourth-order valence-corrected chi connectivity index (χ4v) is 3.09. The quantitative estimate of drug-likeness (QED) is 0.536. The highest BCUT2D eigenvalue weighted by molar-refractivity contribution is 4.93. The molecule has 0 amide bonds. The molecule has 94 valence electrons. The molecule has 2 aliphatic rings. The topological polar surface area (TPSA) is 90.1 Å². The molecule has 0 aromatic carbocycles. The summed E-state index contributed by atoms with van der Waals surface area (Å²) in [6.45, 7) is 0. The van der Waals surface area contributed by atoms with Crippen molar-refractivity contribution in [2.45, 2.75) is 75.2 Å². The molecule has 2 aliphatic carbocycles. The minimum atomic E-state index is 0.206. The van der Waals surface area contributed by atoms with Crippen LogP contribution in [0, 0.1) is 0 Å². The molecule has 0 aromatic heterocycles. The molecule has 4 heteroatoms. The summed E-state index contributed by atoms with van der Waals surface area (Å²) in [4.78, 5) is 0. The summed E-state index contributed by atoms with van der Waals surface area (Å²) in [7, 11) is 0. The van der Waals surface area contributed by atoms with Crippen LogP contribution in [0.3, 0.4) is 0 Å². The number of nitrogens with two attached hydrogens (primary N) is 3. The van der Waals surface area contributed by atoms with E-state index in [2.05, 4.69) is 5.32 Å². The Morgan fingerprint density at radius 1 is 0.750 bits per heavy atom. The maximum Gasteiger partial charge on any atom is 0.0223 e. The Morgan fingerprint density at radius 2 is 1.44 bits per heavy atom. The van der Waals surface area contributed by atoms with Crippen molar-refractivity contribution in [2.24, 2.45) is 17.2 Å². The molecule has 16 heavy (non-hydrogen) atoms. The molecule has 5 unspecified atom stereocenters. The molecule has 0 saturated heterocycles. The molecule has 7 N–H and O–H groups in total. The minimum absolute atomic E-state index is 0.206. The Kier molecular flexibility index (Phi) is 4.19. The van der Waals surface area contributed by atoms with Crippen LogP contribution in [0.5, 0.6) is 0 Å². The first-order valence-corrected chi connectivity index (χ1v) is 6.69. The summed E-state index contributed by atoms with van der Waals surface area (Å²) in [6.07, 6.45) is 8.07. The predicted octanol–water partition coefficient (Wildman–Crippen LogP) is 0.0530. The number of rotatable bonds is 2. The van der Waals surface area contributed by atoms with Crippen LogP contribution in [0.15, 0.2) is 0 Å². The van der Waals surface area contributed by atoms with Crippen LogP contribution < -0.4 is 22.5 Å². The highest BCUT2D eigenvalue weighted by Gasteiger charge is 2.30. The maximum absolute atomic E-state index is 6.15. The van der Waals surface area contributed by atoms with E-state index in [4.69, 9.17) is 17.2 Å². The molecule has 0 heterocycles. The SMILES string of the molecule is NC1CCC(NC2CCCCC2N)C(N)C1. The fourth-order valence-electron chi connectivity index (χ4n) is 3.09. The van der Waals surface area contributed by atoms with Crippen LogP contribution in [-0.4, -0.2) is 30.2 Å². The van der Waals surface area contributed by atoms with Crippen molar-refractivity contribution in [1.29, 1.82) is 0 Å². The molecule has 5 atom stereocenters. The standard InChI is InChI=1S/C12H26N4/c13-8-5-6-12(10(15)7-8)16-11-4-2-1-3-9(11)14/h8-12,16H,1-7,13-15H2. The molecule has 0 bridgehead atoms. The van der Waals surface area contributed by atoms with Gasteiger partial charge in [-0.3, -0.25) is 0 Å². The van der Waals surface area contributed by atoms with Gasteiger partial charge in [0.2, 0.25) is 0 Å². The highest BCUT2D eigenvalue weighted by atomic mass is 15.0. The maximum atomic E-state index is 6.15. The van der Waals surface area contributed by atoms with Gasteiger partial charge < -0.3 is 22.5 Å². The summed E-state index contributed by atoms with van der Waals surface area (Å²) in [5, 5.41) is 3.67. The summed E-state index contributed by atoms with van der Waals surface area (Å²) in [6, 6.07) is 1.72. The third kappa shape index (κ3) is 2.94.